The van der Waals surface area contributed by atoms with Gasteiger partial charge >= 0.3 is 0 Å². The molecule has 0 radical (unpaired) electrons. The smallest absolute Gasteiger partial charge is 0.215 e. The summed E-state index contributed by atoms with van der Waals surface area (Å²) in [5.41, 5.74) is 3.82. The highest BCUT2D eigenvalue weighted by atomic mass is 79.9. The number of hydrazone groups is 1. The maximum atomic E-state index is 6.50. The minimum absolute atomic E-state index is 0.0464. The molecule has 0 saturated heterocycles. The third-order valence-corrected chi connectivity index (χ3v) is 6.53. The van der Waals surface area contributed by atoms with Gasteiger partial charge in [0.2, 0.25) is 6.23 Å². The van der Waals surface area contributed by atoms with Gasteiger partial charge in [0.05, 0.1) is 16.8 Å². The summed E-state index contributed by atoms with van der Waals surface area (Å²) in [5, 5.41) is 8.58. The fraction of sp³-hybridized carbons (Fsp3) is 0.136. The van der Waals surface area contributed by atoms with Crippen LogP contribution in [0.15, 0.2) is 70.2 Å². The molecular weight excluding hydrogens is 495 g/mol. The second kappa shape index (κ2) is 7.51. The summed E-state index contributed by atoms with van der Waals surface area (Å²) in [6.07, 6.45) is 0.239. The lowest BCUT2D eigenvalue weighted by Gasteiger charge is -2.38. The van der Waals surface area contributed by atoms with Crippen LogP contribution in [-0.4, -0.2) is 10.7 Å². The Morgan fingerprint density at radius 2 is 1.69 bits per heavy atom. The molecule has 3 aromatic rings. The third kappa shape index (κ3) is 3.42. The van der Waals surface area contributed by atoms with Gasteiger partial charge < -0.3 is 4.74 Å². The molecule has 3 aromatic carbocycles. The number of nitrogens with zero attached hydrogens (tertiary/aromatic N) is 2. The summed E-state index contributed by atoms with van der Waals surface area (Å²) in [6.45, 7) is 0. The first-order valence-electron chi connectivity index (χ1n) is 9.03. The predicted molar refractivity (Wildman–Crippen MR) is 121 cm³/mol. The summed E-state index contributed by atoms with van der Waals surface area (Å²) in [6, 6.07) is 19.3. The topological polar surface area (TPSA) is 24.8 Å². The molecule has 29 heavy (non-hydrogen) atoms. The zero-order valence-corrected chi connectivity index (χ0v) is 18.8. The lowest BCUT2D eigenvalue weighted by molar-refractivity contribution is -0.0188. The summed E-state index contributed by atoms with van der Waals surface area (Å²) >= 11 is 22.8. The van der Waals surface area contributed by atoms with Crippen molar-refractivity contribution in [3.63, 3.8) is 0 Å². The molecule has 0 unspecified atom stereocenters. The van der Waals surface area contributed by atoms with Crippen LogP contribution in [0, 0.1) is 0 Å². The molecule has 0 amide bonds. The summed E-state index contributed by atoms with van der Waals surface area (Å²) in [4.78, 5) is 0. The highest BCUT2D eigenvalue weighted by molar-refractivity contribution is 9.10. The van der Waals surface area contributed by atoms with E-state index in [9.17, 15) is 0 Å². The SMILES string of the molecule is Clc1cc(Cl)c2c(c1)[C@H]1CC(c3ccc(Br)cc3)=NN1[C@@H](c1ccccc1Cl)O2. The number of ether oxygens (including phenoxy) is 1. The Morgan fingerprint density at radius 3 is 2.45 bits per heavy atom. The molecular formula is C22H14BrCl3N2O. The van der Waals surface area contributed by atoms with Gasteiger partial charge in [-0.25, -0.2) is 5.01 Å². The molecule has 0 N–H and O–H groups in total. The molecule has 5 rings (SSSR count). The molecule has 146 valence electrons. The molecule has 0 bridgehead atoms. The molecule has 2 aliphatic rings. The van der Waals surface area contributed by atoms with Gasteiger partial charge in [0.1, 0.15) is 5.75 Å². The van der Waals surface area contributed by atoms with Gasteiger partial charge in [-0.1, -0.05) is 81.1 Å². The Bertz CT molecular complexity index is 1130. The zero-order chi connectivity index (χ0) is 20.1. The van der Waals surface area contributed by atoms with E-state index in [1.807, 2.05) is 47.5 Å². The molecule has 0 spiro atoms. The van der Waals surface area contributed by atoms with Crippen molar-refractivity contribution in [3.8, 4) is 5.75 Å². The Hall–Kier alpha value is -1.72. The van der Waals surface area contributed by atoms with Crippen molar-refractivity contribution >= 4 is 56.4 Å². The first-order valence-corrected chi connectivity index (χ1v) is 11.0. The van der Waals surface area contributed by atoms with Gasteiger partial charge in [-0.3, -0.25) is 0 Å². The maximum absolute atomic E-state index is 6.50. The summed E-state index contributed by atoms with van der Waals surface area (Å²) in [5.74, 6) is 0.634. The quantitative estimate of drug-likeness (QED) is 0.355. The molecule has 2 atom stereocenters. The molecule has 0 saturated carbocycles. The number of hydrogen-bond donors (Lipinski definition) is 0. The maximum Gasteiger partial charge on any atom is 0.215 e. The standard InChI is InChI=1S/C22H14BrCl3N2O/c23-13-7-5-12(6-8-13)19-11-20-16-9-14(24)10-18(26)21(16)29-22(28(20)27-19)15-3-1-2-4-17(15)25/h1-10,20,22H,11H2/t20-,22-/m1/s1. The van der Waals surface area contributed by atoms with Gasteiger partial charge in [-0.2, -0.15) is 5.10 Å². The van der Waals surface area contributed by atoms with E-state index >= 15 is 0 Å². The summed E-state index contributed by atoms with van der Waals surface area (Å²) < 4.78 is 7.36. The van der Waals surface area contributed by atoms with Gasteiger partial charge in [-0.05, 0) is 35.9 Å². The van der Waals surface area contributed by atoms with Crippen molar-refractivity contribution in [2.24, 2.45) is 5.10 Å². The van der Waals surface area contributed by atoms with E-state index in [-0.39, 0.29) is 6.04 Å². The van der Waals surface area contributed by atoms with E-state index in [1.165, 1.54) is 0 Å². The zero-order valence-electron chi connectivity index (χ0n) is 14.9. The van der Waals surface area contributed by atoms with Crippen molar-refractivity contribution < 1.29 is 4.74 Å². The number of fused-ring (bicyclic) bond motifs is 3. The van der Waals surface area contributed by atoms with Crippen molar-refractivity contribution in [2.45, 2.75) is 18.7 Å². The van der Waals surface area contributed by atoms with Crippen LogP contribution in [0.5, 0.6) is 5.75 Å². The van der Waals surface area contributed by atoms with E-state index in [0.29, 0.717) is 20.8 Å². The monoisotopic (exact) mass is 506 g/mol. The number of benzene rings is 3. The molecule has 7 heteroatoms. The molecule has 0 fully saturated rings. The minimum Gasteiger partial charge on any atom is -0.463 e. The molecule has 3 nitrogen and oxygen atoms in total. The van der Waals surface area contributed by atoms with E-state index < -0.39 is 6.23 Å². The van der Waals surface area contributed by atoms with Gasteiger partial charge in [0.25, 0.3) is 0 Å². The number of hydrogen-bond acceptors (Lipinski definition) is 3. The van der Waals surface area contributed by atoms with Crippen molar-refractivity contribution in [1.29, 1.82) is 0 Å². The van der Waals surface area contributed by atoms with E-state index in [1.54, 1.807) is 6.07 Å². The largest absolute Gasteiger partial charge is 0.463 e. The van der Waals surface area contributed by atoms with Crippen LogP contribution < -0.4 is 4.74 Å². The van der Waals surface area contributed by atoms with E-state index in [2.05, 4.69) is 28.1 Å². The number of halogens is 4. The van der Waals surface area contributed by atoms with Crippen LogP contribution in [0.4, 0.5) is 0 Å². The van der Waals surface area contributed by atoms with Crippen LogP contribution in [0.2, 0.25) is 15.1 Å². The van der Waals surface area contributed by atoms with Gasteiger partial charge in [0.15, 0.2) is 0 Å². The molecule has 0 aliphatic carbocycles. The van der Waals surface area contributed by atoms with Crippen molar-refractivity contribution in [3.05, 3.63) is 96.9 Å². The minimum atomic E-state index is -0.479. The second-order valence-corrected chi connectivity index (χ2v) is 9.12. The average molecular weight is 509 g/mol. The first-order chi connectivity index (χ1) is 14.0. The molecule has 2 aliphatic heterocycles. The van der Waals surface area contributed by atoms with Crippen molar-refractivity contribution in [2.75, 3.05) is 0 Å². The highest BCUT2D eigenvalue weighted by Gasteiger charge is 2.42. The van der Waals surface area contributed by atoms with Crippen LogP contribution in [0.25, 0.3) is 0 Å². The molecule has 2 heterocycles. The van der Waals surface area contributed by atoms with E-state index in [0.717, 1.165) is 33.3 Å². The predicted octanol–water partition coefficient (Wildman–Crippen LogP) is 7.65. The van der Waals surface area contributed by atoms with Crippen LogP contribution >= 0.6 is 50.7 Å². The van der Waals surface area contributed by atoms with Crippen LogP contribution in [0.1, 0.15) is 35.4 Å². The van der Waals surface area contributed by atoms with Gasteiger partial charge in [0, 0.05) is 32.1 Å². The molecule has 0 aromatic heterocycles. The van der Waals surface area contributed by atoms with Crippen LogP contribution in [0.3, 0.4) is 0 Å². The van der Waals surface area contributed by atoms with E-state index in [4.69, 9.17) is 44.6 Å². The fourth-order valence-corrected chi connectivity index (χ4v) is 4.86. The Kier molecular flexibility index (Phi) is 4.99. The summed E-state index contributed by atoms with van der Waals surface area (Å²) in [7, 11) is 0. The Balaban J connectivity index is 1.65. The highest BCUT2D eigenvalue weighted by Crippen LogP contribution is 2.51. The first kappa shape index (κ1) is 19.3. The Labute approximate surface area is 192 Å². The normalized spacial score (nSPS) is 20.0. The lowest BCUT2D eigenvalue weighted by atomic mass is 9.96. The third-order valence-electron chi connectivity index (χ3n) is 5.16. The van der Waals surface area contributed by atoms with Crippen molar-refractivity contribution in [1.82, 2.24) is 5.01 Å². The number of rotatable bonds is 2. The van der Waals surface area contributed by atoms with Gasteiger partial charge in [-0.15, -0.1) is 0 Å². The average Bonchev–Trinajstić information content (AvgIpc) is 3.14. The fourth-order valence-electron chi connectivity index (χ4n) is 3.81. The van der Waals surface area contributed by atoms with Crippen LogP contribution in [-0.2, 0) is 0 Å². The second-order valence-electron chi connectivity index (χ2n) is 6.95. The lowest BCUT2D eigenvalue weighted by Crippen LogP contribution is -2.34. The Morgan fingerprint density at radius 1 is 0.931 bits per heavy atom.